The minimum atomic E-state index is 0.505. The molecule has 0 aliphatic heterocycles. The van der Waals surface area contributed by atoms with Crippen molar-refractivity contribution in [2.45, 2.75) is 26.2 Å². The van der Waals surface area contributed by atoms with Gasteiger partial charge < -0.3 is 0 Å². The summed E-state index contributed by atoms with van der Waals surface area (Å²) in [5.74, 6) is 1.77. The summed E-state index contributed by atoms with van der Waals surface area (Å²) in [5, 5.41) is 0. The highest BCUT2D eigenvalue weighted by Gasteiger charge is 2.44. The average Bonchev–Trinajstić information content (AvgIpc) is 2.75. The van der Waals surface area contributed by atoms with E-state index in [-0.39, 0.29) is 0 Å². The number of hydrogen-bond donors (Lipinski definition) is 0. The fourth-order valence-electron chi connectivity index (χ4n) is 3.47. The van der Waals surface area contributed by atoms with Crippen LogP contribution in [0.5, 0.6) is 0 Å². The smallest absolute Gasteiger partial charge is 0.00693 e. The Labute approximate surface area is 92.0 Å². The molecule has 2 aliphatic carbocycles. The number of hydrogen-bond acceptors (Lipinski definition) is 0. The molecular formula is C15H18. The maximum atomic E-state index is 2.49. The van der Waals surface area contributed by atoms with E-state index < -0.39 is 0 Å². The van der Waals surface area contributed by atoms with Gasteiger partial charge in [-0.15, -0.1) is 0 Å². The second-order valence-corrected chi connectivity index (χ2v) is 5.43. The van der Waals surface area contributed by atoms with E-state index in [0.717, 1.165) is 11.8 Å². The van der Waals surface area contributed by atoms with Gasteiger partial charge in [-0.2, -0.15) is 0 Å². The lowest BCUT2D eigenvalue weighted by atomic mass is 9.80. The summed E-state index contributed by atoms with van der Waals surface area (Å²) in [7, 11) is 0. The van der Waals surface area contributed by atoms with Crippen LogP contribution in [-0.2, 0) is 6.42 Å². The van der Waals surface area contributed by atoms with Gasteiger partial charge in [0, 0.05) is 0 Å². The third-order valence-corrected chi connectivity index (χ3v) is 4.20. The van der Waals surface area contributed by atoms with Crippen LogP contribution in [0.3, 0.4) is 0 Å². The van der Waals surface area contributed by atoms with E-state index in [2.05, 4.69) is 49.4 Å². The molecule has 1 aromatic carbocycles. The monoisotopic (exact) mass is 198 g/mol. The van der Waals surface area contributed by atoms with E-state index in [9.17, 15) is 0 Å². The van der Waals surface area contributed by atoms with Crippen LogP contribution < -0.4 is 0 Å². The van der Waals surface area contributed by atoms with Gasteiger partial charge in [0.1, 0.15) is 0 Å². The lowest BCUT2D eigenvalue weighted by molar-refractivity contribution is 0.379. The molecule has 1 aromatic rings. The van der Waals surface area contributed by atoms with Crippen LogP contribution in [0.4, 0.5) is 0 Å². The third-order valence-electron chi connectivity index (χ3n) is 4.20. The molecule has 0 N–H and O–H groups in total. The number of rotatable bonds is 2. The highest BCUT2D eigenvalue weighted by molar-refractivity contribution is 5.24. The van der Waals surface area contributed by atoms with Crippen LogP contribution in [0, 0.1) is 17.3 Å². The Hall–Kier alpha value is -1.04. The average molecular weight is 198 g/mol. The lowest BCUT2D eigenvalue weighted by Gasteiger charge is -2.25. The molecule has 2 aliphatic rings. The van der Waals surface area contributed by atoms with Crippen molar-refractivity contribution < 1.29 is 0 Å². The summed E-state index contributed by atoms with van der Waals surface area (Å²) in [6.07, 6.45) is 8.97. The Morgan fingerprint density at radius 2 is 2.00 bits per heavy atom. The molecule has 0 heterocycles. The molecule has 78 valence electrons. The van der Waals surface area contributed by atoms with Crippen LogP contribution in [0.25, 0.3) is 0 Å². The van der Waals surface area contributed by atoms with Gasteiger partial charge in [0.05, 0.1) is 0 Å². The number of allylic oxidation sites excluding steroid dienone is 2. The molecule has 0 aromatic heterocycles. The zero-order chi connectivity index (χ0) is 10.3. The Balaban J connectivity index is 1.82. The first-order valence-electron chi connectivity index (χ1n) is 6.01. The summed E-state index contributed by atoms with van der Waals surface area (Å²) >= 11 is 0. The molecule has 0 amide bonds. The van der Waals surface area contributed by atoms with Crippen molar-refractivity contribution in [3.8, 4) is 0 Å². The first-order valence-corrected chi connectivity index (χ1v) is 6.01. The molecule has 0 radical (unpaired) electrons. The molecule has 3 rings (SSSR count). The van der Waals surface area contributed by atoms with Crippen molar-refractivity contribution in [3.63, 3.8) is 0 Å². The van der Waals surface area contributed by atoms with Crippen LogP contribution in [0.1, 0.15) is 25.3 Å². The van der Waals surface area contributed by atoms with E-state index >= 15 is 0 Å². The second kappa shape index (κ2) is 3.23. The van der Waals surface area contributed by atoms with E-state index in [1.165, 1.54) is 24.8 Å². The zero-order valence-electron chi connectivity index (χ0n) is 9.32. The summed E-state index contributed by atoms with van der Waals surface area (Å²) in [6.45, 7) is 2.40. The third kappa shape index (κ3) is 1.52. The van der Waals surface area contributed by atoms with Crippen molar-refractivity contribution in [1.29, 1.82) is 0 Å². The molecule has 1 fully saturated rings. The Morgan fingerprint density at radius 3 is 2.60 bits per heavy atom. The van der Waals surface area contributed by atoms with Crippen molar-refractivity contribution in [1.82, 2.24) is 0 Å². The normalized spacial score (nSPS) is 37.4. The largest absolute Gasteiger partial charge is 0.0846 e. The van der Waals surface area contributed by atoms with Gasteiger partial charge >= 0.3 is 0 Å². The summed E-state index contributed by atoms with van der Waals surface area (Å²) in [5.41, 5.74) is 2.00. The molecule has 0 nitrogen and oxygen atoms in total. The fourth-order valence-corrected chi connectivity index (χ4v) is 3.47. The molecule has 3 unspecified atom stereocenters. The first kappa shape index (κ1) is 9.21. The van der Waals surface area contributed by atoms with Crippen LogP contribution in [0.15, 0.2) is 42.5 Å². The van der Waals surface area contributed by atoms with E-state index in [1.54, 1.807) is 0 Å². The zero-order valence-corrected chi connectivity index (χ0v) is 9.32. The van der Waals surface area contributed by atoms with Gasteiger partial charge in [-0.3, -0.25) is 0 Å². The van der Waals surface area contributed by atoms with Gasteiger partial charge in [0.15, 0.2) is 0 Å². The number of fused-ring (bicyclic) bond motifs is 2. The first-order chi connectivity index (χ1) is 7.27. The predicted molar refractivity (Wildman–Crippen MR) is 63.6 cm³/mol. The topological polar surface area (TPSA) is 0 Å². The molecule has 2 bridgehead atoms. The van der Waals surface area contributed by atoms with Crippen molar-refractivity contribution in [3.05, 3.63) is 48.0 Å². The van der Waals surface area contributed by atoms with E-state index in [4.69, 9.17) is 0 Å². The SMILES string of the molecule is CC1CC2(Cc3ccccc3)C=CC1C2. The van der Waals surface area contributed by atoms with Gasteiger partial charge in [0.25, 0.3) is 0 Å². The van der Waals surface area contributed by atoms with Crippen LogP contribution in [-0.4, -0.2) is 0 Å². The Bertz CT molecular complexity index is 376. The lowest BCUT2D eigenvalue weighted by Crippen LogP contribution is -2.16. The van der Waals surface area contributed by atoms with Crippen LogP contribution in [0.2, 0.25) is 0 Å². The van der Waals surface area contributed by atoms with Crippen molar-refractivity contribution in [2.75, 3.05) is 0 Å². The highest BCUT2D eigenvalue weighted by Crippen LogP contribution is 2.53. The molecular weight excluding hydrogens is 180 g/mol. The predicted octanol–water partition coefficient (Wildman–Crippen LogP) is 3.83. The minimum Gasteiger partial charge on any atom is -0.0846 e. The van der Waals surface area contributed by atoms with E-state index in [1.807, 2.05) is 0 Å². The quantitative estimate of drug-likeness (QED) is 0.633. The van der Waals surface area contributed by atoms with E-state index in [0.29, 0.717) is 5.41 Å². The van der Waals surface area contributed by atoms with Crippen molar-refractivity contribution in [2.24, 2.45) is 17.3 Å². The summed E-state index contributed by atoms with van der Waals surface area (Å²) < 4.78 is 0. The van der Waals surface area contributed by atoms with Gasteiger partial charge in [-0.25, -0.2) is 0 Å². The molecule has 15 heavy (non-hydrogen) atoms. The maximum absolute atomic E-state index is 2.49. The molecule has 0 spiro atoms. The molecule has 1 saturated carbocycles. The maximum Gasteiger partial charge on any atom is -0.00693 e. The Kier molecular flexibility index (Phi) is 1.98. The van der Waals surface area contributed by atoms with Gasteiger partial charge in [-0.1, -0.05) is 49.4 Å². The fraction of sp³-hybridized carbons (Fsp3) is 0.467. The summed E-state index contributed by atoms with van der Waals surface area (Å²) in [4.78, 5) is 0. The molecule has 0 heteroatoms. The van der Waals surface area contributed by atoms with Gasteiger partial charge in [0.2, 0.25) is 0 Å². The van der Waals surface area contributed by atoms with Crippen molar-refractivity contribution >= 4 is 0 Å². The molecule has 3 atom stereocenters. The second-order valence-electron chi connectivity index (χ2n) is 5.43. The minimum absolute atomic E-state index is 0.505. The summed E-state index contributed by atoms with van der Waals surface area (Å²) in [6, 6.07) is 10.9. The Morgan fingerprint density at radius 1 is 1.20 bits per heavy atom. The number of benzene rings is 1. The van der Waals surface area contributed by atoms with Crippen LogP contribution >= 0.6 is 0 Å². The molecule has 0 saturated heterocycles. The van der Waals surface area contributed by atoms with Gasteiger partial charge in [-0.05, 0) is 42.1 Å². The highest BCUT2D eigenvalue weighted by atomic mass is 14.5. The standard InChI is InChI=1S/C15H18/c1-12-9-15(8-7-14(12)11-15)10-13-5-3-2-4-6-13/h2-8,12,14H,9-11H2,1H3.